The molecular weight excluding hydrogens is 432 g/mol. The summed E-state index contributed by atoms with van der Waals surface area (Å²) in [7, 11) is 0. The molecule has 0 N–H and O–H groups in total. The molecule has 1 heterocycles. The lowest BCUT2D eigenvalue weighted by atomic mass is 9.56. The smallest absolute Gasteiger partial charge is 0.403 e. The van der Waals surface area contributed by atoms with Crippen molar-refractivity contribution in [2.45, 2.75) is 37.8 Å². The highest BCUT2D eigenvalue weighted by atomic mass is 19.4. The van der Waals surface area contributed by atoms with Crippen molar-refractivity contribution in [2.75, 3.05) is 13.1 Å². The zero-order chi connectivity index (χ0) is 23.1. The van der Waals surface area contributed by atoms with Gasteiger partial charge in [0, 0.05) is 19.2 Å². The molecule has 32 heavy (non-hydrogen) atoms. The fourth-order valence-corrected chi connectivity index (χ4v) is 4.71. The second-order valence-electron chi connectivity index (χ2n) is 8.39. The van der Waals surface area contributed by atoms with Gasteiger partial charge in [0.1, 0.15) is 5.82 Å². The summed E-state index contributed by atoms with van der Waals surface area (Å²) in [5, 5.41) is 11.1. The number of para-hydroxylation sites is 2. The van der Waals surface area contributed by atoms with Crippen molar-refractivity contribution in [2.24, 2.45) is 5.41 Å². The van der Waals surface area contributed by atoms with Crippen LogP contribution in [0.5, 0.6) is 5.75 Å². The van der Waals surface area contributed by atoms with E-state index in [0.29, 0.717) is 38.8 Å². The summed E-state index contributed by atoms with van der Waals surface area (Å²) in [6, 6.07) is 8.98. The molecule has 1 aliphatic heterocycles. The molecule has 0 bridgehead atoms. The molecule has 2 aromatic rings. The molecule has 1 spiro atoms. The van der Waals surface area contributed by atoms with Crippen molar-refractivity contribution in [1.82, 2.24) is 4.90 Å². The van der Waals surface area contributed by atoms with Crippen molar-refractivity contribution < 1.29 is 32.0 Å². The average molecular weight is 452 g/mol. The van der Waals surface area contributed by atoms with Gasteiger partial charge in [-0.1, -0.05) is 24.3 Å². The van der Waals surface area contributed by atoms with Gasteiger partial charge in [-0.3, -0.25) is 10.1 Å². The number of hydrogen-bond acceptors (Lipinski definition) is 4. The summed E-state index contributed by atoms with van der Waals surface area (Å²) in [6.45, 7) is 0.717. The van der Waals surface area contributed by atoms with Crippen LogP contribution in [0.15, 0.2) is 42.5 Å². The Bertz CT molecular complexity index is 1040. The molecule has 1 saturated carbocycles. The molecule has 0 atom stereocenters. The molecule has 2 fully saturated rings. The van der Waals surface area contributed by atoms with E-state index in [9.17, 15) is 32.5 Å². The first-order valence-corrected chi connectivity index (χ1v) is 10.2. The van der Waals surface area contributed by atoms with Gasteiger partial charge in [-0.25, -0.2) is 9.18 Å². The molecule has 1 amide bonds. The number of nitro benzene ring substituents is 1. The van der Waals surface area contributed by atoms with E-state index in [2.05, 4.69) is 0 Å². The maximum atomic E-state index is 14.4. The van der Waals surface area contributed by atoms with Crippen LogP contribution in [0.3, 0.4) is 0 Å². The monoisotopic (exact) mass is 452 g/mol. The predicted octanol–water partition coefficient (Wildman–Crippen LogP) is 5.91. The van der Waals surface area contributed by atoms with Crippen LogP contribution in [0.4, 0.5) is 28.0 Å². The average Bonchev–Trinajstić information content (AvgIpc) is 2.72. The van der Waals surface area contributed by atoms with Crippen LogP contribution in [0.25, 0.3) is 0 Å². The minimum atomic E-state index is -4.74. The molecular formula is C22H20F4N2O4. The van der Waals surface area contributed by atoms with E-state index in [1.54, 1.807) is 0 Å². The first kappa shape index (κ1) is 22.0. The van der Waals surface area contributed by atoms with E-state index in [-0.39, 0.29) is 28.3 Å². The number of alkyl halides is 3. The molecule has 2 aliphatic rings. The summed E-state index contributed by atoms with van der Waals surface area (Å²) >= 11 is 0. The number of piperidine rings is 1. The summed E-state index contributed by atoms with van der Waals surface area (Å²) < 4.78 is 58.6. The van der Waals surface area contributed by atoms with E-state index in [1.165, 1.54) is 41.3 Å². The second-order valence-corrected chi connectivity index (χ2v) is 8.39. The van der Waals surface area contributed by atoms with Gasteiger partial charge in [0.25, 0.3) is 0 Å². The quantitative estimate of drug-likeness (QED) is 0.330. The Morgan fingerprint density at radius 3 is 2.38 bits per heavy atom. The van der Waals surface area contributed by atoms with Crippen LogP contribution in [0.2, 0.25) is 0 Å². The van der Waals surface area contributed by atoms with Gasteiger partial charge in [0.2, 0.25) is 5.75 Å². The van der Waals surface area contributed by atoms with Gasteiger partial charge in [-0.05, 0) is 54.7 Å². The number of carbonyl (C=O) groups is 1. The van der Waals surface area contributed by atoms with Crippen LogP contribution in [-0.4, -0.2) is 29.0 Å². The maximum absolute atomic E-state index is 14.4. The number of carbonyl (C=O) groups excluding carboxylic acids is 1. The first-order chi connectivity index (χ1) is 15.1. The number of hydrogen-bond donors (Lipinski definition) is 0. The van der Waals surface area contributed by atoms with Gasteiger partial charge in [-0.2, -0.15) is 13.2 Å². The van der Waals surface area contributed by atoms with E-state index < -0.39 is 28.6 Å². The number of likely N-dealkylation sites (tertiary alicyclic amines) is 1. The normalized spacial score (nSPS) is 18.3. The molecule has 170 valence electrons. The molecule has 0 radical (unpaired) electrons. The van der Waals surface area contributed by atoms with Gasteiger partial charge in [-0.15, -0.1) is 0 Å². The van der Waals surface area contributed by atoms with Crippen LogP contribution in [0.1, 0.15) is 42.7 Å². The maximum Gasteiger partial charge on any atom is 0.419 e. The zero-order valence-corrected chi connectivity index (χ0v) is 16.9. The van der Waals surface area contributed by atoms with Crippen molar-refractivity contribution in [3.63, 3.8) is 0 Å². The third kappa shape index (κ3) is 4.13. The Hall–Kier alpha value is -3.17. The van der Waals surface area contributed by atoms with Crippen LogP contribution >= 0.6 is 0 Å². The van der Waals surface area contributed by atoms with Crippen molar-refractivity contribution in [3.05, 3.63) is 69.5 Å². The topological polar surface area (TPSA) is 72.7 Å². The van der Waals surface area contributed by atoms with E-state index in [0.717, 1.165) is 6.07 Å². The molecule has 1 aliphatic carbocycles. The van der Waals surface area contributed by atoms with Gasteiger partial charge in [0.15, 0.2) is 0 Å². The highest BCUT2D eigenvalue weighted by molar-refractivity contribution is 5.72. The minimum absolute atomic E-state index is 0.0867. The minimum Gasteiger partial charge on any atom is -0.403 e. The molecule has 10 heteroatoms. The summed E-state index contributed by atoms with van der Waals surface area (Å²) in [5.74, 6) is -1.63. The third-order valence-corrected chi connectivity index (χ3v) is 6.47. The van der Waals surface area contributed by atoms with Crippen molar-refractivity contribution in [3.8, 4) is 5.75 Å². The van der Waals surface area contributed by atoms with E-state index >= 15 is 0 Å². The molecule has 0 unspecified atom stereocenters. The number of nitrogens with zero attached hydrogens (tertiary/aromatic N) is 2. The lowest BCUT2D eigenvalue weighted by molar-refractivity contribution is -0.385. The second kappa shape index (κ2) is 8.07. The van der Waals surface area contributed by atoms with Crippen molar-refractivity contribution in [1.29, 1.82) is 0 Å². The highest BCUT2D eigenvalue weighted by Crippen LogP contribution is 2.57. The fourth-order valence-electron chi connectivity index (χ4n) is 4.71. The summed E-state index contributed by atoms with van der Waals surface area (Å²) in [4.78, 5) is 24.3. The Kier molecular flexibility index (Phi) is 5.56. The van der Waals surface area contributed by atoms with Gasteiger partial charge < -0.3 is 9.64 Å². The lowest BCUT2D eigenvalue weighted by Gasteiger charge is -2.52. The van der Waals surface area contributed by atoms with E-state index in [1.807, 2.05) is 0 Å². The number of halogens is 4. The van der Waals surface area contributed by atoms with Gasteiger partial charge in [0.05, 0.1) is 10.5 Å². The number of ether oxygens (including phenoxy) is 1. The number of rotatable bonds is 3. The Labute approximate surface area is 180 Å². The Morgan fingerprint density at radius 1 is 1.09 bits per heavy atom. The largest absolute Gasteiger partial charge is 0.419 e. The molecule has 0 aromatic heterocycles. The predicted molar refractivity (Wildman–Crippen MR) is 106 cm³/mol. The Balaban J connectivity index is 1.36. The summed E-state index contributed by atoms with van der Waals surface area (Å²) in [5.41, 5.74) is -1.62. The molecule has 1 saturated heterocycles. The molecule has 2 aromatic carbocycles. The van der Waals surface area contributed by atoms with Crippen LogP contribution in [-0.2, 0) is 6.18 Å². The zero-order valence-electron chi connectivity index (χ0n) is 16.9. The highest BCUT2D eigenvalue weighted by Gasteiger charge is 2.48. The standard InChI is InChI=1S/C22H20F4N2O4/c23-19-15(4-3-5-16(19)22(24,25)26)14-12-21(13-14)8-10-27(11-9-21)20(29)32-18-7-2-1-6-17(18)28(30)31/h1-7,14H,8-13H2. The number of nitro groups is 1. The lowest BCUT2D eigenvalue weighted by Crippen LogP contribution is -2.49. The third-order valence-electron chi connectivity index (χ3n) is 6.47. The van der Waals surface area contributed by atoms with Crippen molar-refractivity contribution >= 4 is 11.8 Å². The SMILES string of the molecule is O=C(Oc1ccccc1[N+](=O)[O-])N1CCC2(CC1)CC(c1cccc(C(F)(F)F)c1F)C2. The Morgan fingerprint density at radius 2 is 1.75 bits per heavy atom. The summed E-state index contributed by atoms with van der Waals surface area (Å²) in [6.07, 6.45) is -3.10. The van der Waals surface area contributed by atoms with Crippen LogP contribution < -0.4 is 4.74 Å². The van der Waals surface area contributed by atoms with Gasteiger partial charge >= 0.3 is 18.0 Å². The van der Waals surface area contributed by atoms with Crippen LogP contribution in [0, 0.1) is 21.3 Å². The van der Waals surface area contributed by atoms with E-state index in [4.69, 9.17) is 4.74 Å². The first-order valence-electron chi connectivity index (χ1n) is 10.2. The molecule has 4 rings (SSSR count). The number of benzene rings is 2. The number of amides is 1. The molecule has 6 nitrogen and oxygen atoms in total. The fraction of sp³-hybridized carbons (Fsp3) is 0.409.